The molecule has 0 aliphatic carbocycles. The van der Waals surface area contributed by atoms with Crippen molar-refractivity contribution in [3.63, 3.8) is 0 Å². The standard InChI is InChI=1S/C21H23FN2O2.ClH/c22-15-6-9-20(26-18-4-2-1-3-5-18)19(13-15)24-21(25)12-14-10-16-7-8-17(11-14)23-16;/h1-6,9,13-14,16-17,23H,7-8,10-12H2,(H,24,25);1H. The average molecular weight is 391 g/mol. The number of rotatable bonds is 5. The molecule has 1 amide bonds. The quantitative estimate of drug-likeness (QED) is 0.763. The molecular weight excluding hydrogens is 367 g/mol. The molecule has 2 saturated heterocycles. The summed E-state index contributed by atoms with van der Waals surface area (Å²) in [4.78, 5) is 12.5. The highest BCUT2D eigenvalue weighted by molar-refractivity contribution is 5.92. The maximum Gasteiger partial charge on any atom is 0.224 e. The van der Waals surface area contributed by atoms with Crippen molar-refractivity contribution in [3.05, 3.63) is 54.3 Å². The highest BCUT2D eigenvalue weighted by Crippen LogP contribution is 2.34. The molecule has 0 aromatic heterocycles. The van der Waals surface area contributed by atoms with E-state index < -0.39 is 5.82 Å². The fraction of sp³-hybridized carbons (Fsp3) is 0.381. The Kier molecular flexibility index (Phi) is 6.34. The summed E-state index contributed by atoms with van der Waals surface area (Å²) in [6.45, 7) is 0. The molecule has 144 valence electrons. The van der Waals surface area contributed by atoms with E-state index in [0.29, 0.717) is 41.6 Å². The number of carbonyl (C=O) groups is 1. The number of anilines is 1. The smallest absolute Gasteiger partial charge is 0.224 e. The van der Waals surface area contributed by atoms with Crippen molar-refractivity contribution in [2.75, 3.05) is 5.32 Å². The molecule has 2 aliphatic rings. The number of nitrogens with one attached hydrogen (secondary N) is 2. The predicted octanol–water partition coefficient (Wildman–Crippen LogP) is 4.90. The summed E-state index contributed by atoms with van der Waals surface area (Å²) >= 11 is 0. The lowest BCUT2D eigenvalue weighted by Gasteiger charge is -2.28. The molecule has 2 aliphatic heterocycles. The maximum atomic E-state index is 13.7. The van der Waals surface area contributed by atoms with E-state index in [0.717, 1.165) is 12.8 Å². The number of carbonyl (C=O) groups excluding carboxylic acids is 1. The molecule has 6 heteroatoms. The van der Waals surface area contributed by atoms with E-state index in [1.54, 1.807) is 6.07 Å². The summed E-state index contributed by atoms with van der Waals surface area (Å²) in [5.74, 6) is 0.988. The average Bonchev–Trinajstić information content (AvgIpc) is 2.96. The van der Waals surface area contributed by atoms with Crippen LogP contribution in [0, 0.1) is 11.7 Å². The minimum Gasteiger partial charge on any atom is -0.455 e. The fourth-order valence-electron chi connectivity index (χ4n) is 4.11. The van der Waals surface area contributed by atoms with Gasteiger partial charge in [0.25, 0.3) is 0 Å². The summed E-state index contributed by atoms with van der Waals surface area (Å²) in [6, 6.07) is 14.6. The third kappa shape index (κ3) is 4.99. The molecule has 0 saturated carbocycles. The molecule has 27 heavy (non-hydrogen) atoms. The van der Waals surface area contributed by atoms with Gasteiger partial charge in [0, 0.05) is 24.6 Å². The number of benzene rings is 2. The molecule has 0 radical (unpaired) electrons. The molecule has 2 aromatic rings. The Morgan fingerprint density at radius 2 is 1.81 bits per heavy atom. The van der Waals surface area contributed by atoms with Crippen molar-refractivity contribution in [1.29, 1.82) is 0 Å². The second-order valence-electron chi connectivity index (χ2n) is 7.28. The Morgan fingerprint density at radius 1 is 1.11 bits per heavy atom. The second kappa shape index (κ2) is 8.72. The van der Waals surface area contributed by atoms with Gasteiger partial charge in [-0.05, 0) is 55.9 Å². The van der Waals surface area contributed by atoms with Crippen LogP contribution in [-0.2, 0) is 4.79 Å². The van der Waals surface area contributed by atoms with Gasteiger partial charge in [-0.2, -0.15) is 0 Å². The third-order valence-electron chi connectivity index (χ3n) is 5.23. The first kappa shape index (κ1) is 19.6. The summed E-state index contributed by atoms with van der Waals surface area (Å²) in [5.41, 5.74) is 0.371. The van der Waals surface area contributed by atoms with Crippen LogP contribution in [0.2, 0.25) is 0 Å². The van der Waals surface area contributed by atoms with E-state index in [9.17, 15) is 9.18 Å². The zero-order valence-corrected chi connectivity index (χ0v) is 15.8. The van der Waals surface area contributed by atoms with Crippen molar-refractivity contribution >= 4 is 24.0 Å². The number of amides is 1. The lowest BCUT2D eigenvalue weighted by molar-refractivity contribution is -0.117. The summed E-state index contributed by atoms with van der Waals surface area (Å²) in [5, 5.41) is 6.43. The third-order valence-corrected chi connectivity index (χ3v) is 5.23. The number of ether oxygens (including phenoxy) is 1. The van der Waals surface area contributed by atoms with Gasteiger partial charge in [-0.15, -0.1) is 12.4 Å². The van der Waals surface area contributed by atoms with Gasteiger partial charge < -0.3 is 15.4 Å². The van der Waals surface area contributed by atoms with Gasteiger partial charge in [0.2, 0.25) is 5.91 Å². The first-order valence-electron chi connectivity index (χ1n) is 9.24. The molecule has 2 bridgehead atoms. The number of hydrogen-bond acceptors (Lipinski definition) is 3. The van der Waals surface area contributed by atoms with Crippen LogP contribution in [0.1, 0.15) is 32.1 Å². The van der Waals surface area contributed by atoms with E-state index in [1.807, 2.05) is 30.3 Å². The van der Waals surface area contributed by atoms with Gasteiger partial charge in [0.1, 0.15) is 11.6 Å². The molecule has 2 N–H and O–H groups in total. The molecular formula is C21H24ClFN2O2. The largest absolute Gasteiger partial charge is 0.455 e. The van der Waals surface area contributed by atoms with Crippen molar-refractivity contribution in [2.24, 2.45) is 5.92 Å². The van der Waals surface area contributed by atoms with E-state index in [2.05, 4.69) is 10.6 Å². The van der Waals surface area contributed by atoms with Gasteiger partial charge in [-0.1, -0.05) is 18.2 Å². The molecule has 2 aromatic carbocycles. The van der Waals surface area contributed by atoms with Crippen LogP contribution in [0.15, 0.2) is 48.5 Å². The Bertz CT molecular complexity index is 775. The summed E-state index contributed by atoms with van der Waals surface area (Å²) in [6.07, 6.45) is 4.97. The van der Waals surface area contributed by atoms with Crippen molar-refractivity contribution in [2.45, 2.75) is 44.2 Å². The van der Waals surface area contributed by atoms with Crippen LogP contribution >= 0.6 is 12.4 Å². The van der Waals surface area contributed by atoms with Gasteiger partial charge in [-0.3, -0.25) is 4.79 Å². The second-order valence-corrected chi connectivity index (χ2v) is 7.28. The van der Waals surface area contributed by atoms with E-state index in [1.165, 1.54) is 25.0 Å². The van der Waals surface area contributed by atoms with Crippen LogP contribution in [-0.4, -0.2) is 18.0 Å². The summed E-state index contributed by atoms with van der Waals surface area (Å²) < 4.78 is 19.5. The molecule has 2 atom stereocenters. The minimum atomic E-state index is -0.402. The van der Waals surface area contributed by atoms with Gasteiger partial charge >= 0.3 is 0 Å². The lowest BCUT2D eigenvalue weighted by Crippen LogP contribution is -2.39. The highest BCUT2D eigenvalue weighted by atomic mass is 35.5. The van der Waals surface area contributed by atoms with Crippen molar-refractivity contribution in [3.8, 4) is 11.5 Å². The molecule has 2 fully saturated rings. The van der Waals surface area contributed by atoms with Crippen LogP contribution < -0.4 is 15.4 Å². The number of hydrogen-bond donors (Lipinski definition) is 2. The van der Waals surface area contributed by atoms with Gasteiger partial charge in [0.15, 0.2) is 5.75 Å². The van der Waals surface area contributed by atoms with Gasteiger partial charge in [-0.25, -0.2) is 4.39 Å². The molecule has 2 heterocycles. The topological polar surface area (TPSA) is 50.4 Å². The lowest BCUT2D eigenvalue weighted by atomic mass is 9.89. The van der Waals surface area contributed by atoms with E-state index in [-0.39, 0.29) is 18.3 Å². The minimum absolute atomic E-state index is 0. The first-order chi connectivity index (χ1) is 12.7. The number of piperidine rings is 1. The SMILES string of the molecule is Cl.O=C(CC1CC2CCC(C1)N2)Nc1cc(F)ccc1Oc1ccccc1. The summed E-state index contributed by atoms with van der Waals surface area (Å²) in [7, 11) is 0. The van der Waals surface area contributed by atoms with E-state index >= 15 is 0 Å². The predicted molar refractivity (Wildman–Crippen MR) is 106 cm³/mol. The highest BCUT2D eigenvalue weighted by Gasteiger charge is 2.34. The Balaban J connectivity index is 0.00000210. The zero-order valence-electron chi connectivity index (χ0n) is 15.0. The Labute approximate surface area is 164 Å². The normalized spacial score (nSPS) is 23.4. The van der Waals surface area contributed by atoms with Crippen molar-refractivity contribution in [1.82, 2.24) is 5.32 Å². The number of halogens is 2. The Hall–Kier alpha value is -2.11. The van der Waals surface area contributed by atoms with Crippen LogP contribution in [0.4, 0.5) is 10.1 Å². The maximum absolute atomic E-state index is 13.7. The number of para-hydroxylation sites is 1. The van der Waals surface area contributed by atoms with Crippen LogP contribution in [0.5, 0.6) is 11.5 Å². The molecule has 2 unspecified atom stereocenters. The zero-order chi connectivity index (χ0) is 17.9. The van der Waals surface area contributed by atoms with Crippen molar-refractivity contribution < 1.29 is 13.9 Å². The molecule has 4 rings (SSSR count). The van der Waals surface area contributed by atoms with Crippen LogP contribution in [0.3, 0.4) is 0 Å². The van der Waals surface area contributed by atoms with E-state index in [4.69, 9.17) is 4.74 Å². The molecule has 4 nitrogen and oxygen atoms in total. The first-order valence-corrected chi connectivity index (χ1v) is 9.24. The Morgan fingerprint density at radius 3 is 2.52 bits per heavy atom. The number of fused-ring (bicyclic) bond motifs is 2. The molecule has 0 spiro atoms. The van der Waals surface area contributed by atoms with Gasteiger partial charge in [0.05, 0.1) is 5.69 Å². The van der Waals surface area contributed by atoms with Crippen LogP contribution in [0.25, 0.3) is 0 Å². The fourth-order valence-corrected chi connectivity index (χ4v) is 4.11. The monoisotopic (exact) mass is 390 g/mol.